The molecule has 25 heavy (non-hydrogen) atoms. The fourth-order valence-electron chi connectivity index (χ4n) is 3.22. The molecule has 1 aliphatic rings. The Morgan fingerprint density at radius 1 is 1.08 bits per heavy atom. The van der Waals surface area contributed by atoms with E-state index in [0.29, 0.717) is 18.3 Å². The summed E-state index contributed by atoms with van der Waals surface area (Å²) in [6.07, 6.45) is 0. The summed E-state index contributed by atoms with van der Waals surface area (Å²) in [6.45, 7) is 4.82. The van der Waals surface area contributed by atoms with Gasteiger partial charge in [-0.2, -0.15) is 4.98 Å². The van der Waals surface area contributed by atoms with Crippen LogP contribution in [0.25, 0.3) is 11.1 Å². The Hall–Kier alpha value is -2.50. The van der Waals surface area contributed by atoms with Crippen molar-refractivity contribution < 1.29 is 9.26 Å². The van der Waals surface area contributed by atoms with E-state index in [-0.39, 0.29) is 6.04 Å². The van der Waals surface area contributed by atoms with Crippen molar-refractivity contribution in [2.24, 2.45) is 0 Å². The van der Waals surface area contributed by atoms with Crippen molar-refractivity contribution in [1.29, 1.82) is 0 Å². The van der Waals surface area contributed by atoms with E-state index < -0.39 is 0 Å². The summed E-state index contributed by atoms with van der Waals surface area (Å²) < 4.78 is 11.0. The molecule has 0 amide bonds. The molecule has 1 fully saturated rings. The Morgan fingerprint density at radius 2 is 1.92 bits per heavy atom. The summed E-state index contributed by atoms with van der Waals surface area (Å²) >= 11 is 0. The number of aryl methyl sites for hydroxylation is 1. The van der Waals surface area contributed by atoms with Gasteiger partial charge >= 0.3 is 0 Å². The lowest BCUT2D eigenvalue weighted by Crippen LogP contribution is -2.39. The molecule has 0 spiro atoms. The quantitative estimate of drug-likeness (QED) is 0.729. The molecule has 3 aromatic rings. The van der Waals surface area contributed by atoms with Crippen LogP contribution >= 0.6 is 0 Å². The fourth-order valence-corrected chi connectivity index (χ4v) is 3.22. The Balaban J connectivity index is 1.56. The highest BCUT2D eigenvalue weighted by Crippen LogP contribution is 2.26. The van der Waals surface area contributed by atoms with E-state index >= 15 is 0 Å². The Bertz CT molecular complexity index is 832. The van der Waals surface area contributed by atoms with E-state index in [0.717, 1.165) is 19.7 Å². The number of rotatable bonds is 4. The second kappa shape index (κ2) is 7.17. The van der Waals surface area contributed by atoms with Crippen LogP contribution in [-0.4, -0.2) is 34.8 Å². The Morgan fingerprint density at radius 3 is 2.72 bits per heavy atom. The third-order valence-corrected chi connectivity index (χ3v) is 4.49. The second-order valence-corrected chi connectivity index (χ2v) is 6.31. The standard InChI is InChI=1S/C20H21N3O2/c1-15-21-20(25-22-15)19-14-24-11-10-23(19)13-16-6-5-9-18(12-16)17-7-3-2-4-8-17/h2-9,12,19H,10-11,13-14H2,1H3. The minimum absolute atomic E-state index is 0.00957. The maximum atomic E-state index is 5.64. The summed E-state index contributed by atoms with van der Waals surface area (Å²) in [4.78, 5) is 6.74. The zero-order chi connectivity index (χ0) is 17.1. The van der Waals surface area contributed by atoms with Crippen LogP contribution in [-0.2, 0) is 11.3 Å². The highest BCUT2D eigenvalue weighted by Gasteiger charge is 2.29. The van der Waals surface area contributed by atoms with Crippen LogP contribution in [0.5, 0.6) is 0 Å². The molecule has 5 heteroatoms. The normalized spacial score (nSPS) is 18.4. The number of benzene rings is 2. The summed E-state index contributed by atoms with van der Waals surface area (Å²) in [5, 5.41) is 3.92. The molecule has 0 radical (unpaired) electrons. The first-order valence-electron chi connectivity index (χ1n) is 8.56. The van der Waals surface area contributed by atoms with Crippen molar-refractivity contribution in [3.05, 3.63) is 71.9 Å². The zero-order valence-electron chi connectivity index (χ0n) is 14.3. The molecule has 1 aliphatic heterocycles. The van der Waals surface area contributed by atoms with Crippen molar-refractivity contribution in [1.82, 2.24) is 15.0 Å². The molecule has 2 aromatic carbocycles. The molecule has 5 nitrogen and oxygen atoms in total. The van der Waals surface area contributed by atoms with Crippen molar-refractivity contribution in [2.45, 2.75) is 19.5 Å². The lowest BCUT2D eigenvalue weighted by atomic mass is 10.0. The highest BCUT2D eigenvalue weighted by atomic mass is 16.5. The van der Waals surface area contributed by atoms with Gasteiger partial charge in [-0.15, -0.1) is 0 Å². The highest BCUT2D eigenvalue weighted by molar-refractivity contribution is 5.63. The summed E-state index contributed by atoms with van der Waals surface area (Å²) in [7, 11) is 0. The van der Waals surface area contributed by atoms with Crippen LogP contribution in [0, 0.1) is 6.92 Å². The van der Waals surface area contributed by atoms with Gasteiger partial charge in [-0.1, -0.05) is 53.7 Å². The number of hydrogen-bond acceptors (Lipinski definition) is 5. The second-order valence-electron chi connectivity index (χ2n) is 6.31. The third-order valence-electron chi connectivity index (χ3n) is 4.49. The van der Waals surface area contributed by atoms with Gasteiger partial charge in [-0.3, -0.25) is 4.90 Å². The third kappa shape index (κ3) is 3.62. The molecule has 1 aromatic heterocycles. The summed E-state index contributed by atoms with van der Waals surface area (Å²) in [5.74, 6) is 1.29. The van der Waals surface area contributed by atoms with E-state index in [1.54, 1.807) is 0 Å². The Kier molecular flexibility index (Phi) is 4.59. The monoisotopic (exact) mass is 335 g/mol. The molecule has 128 valence electrons. The van der Waals surface area contributed by atoms with Crippen molar-refractivity contribution in [3.8, 4) is 11.1 Å². The van der Waals surface area contributed by atoms with E-state index in [2.05, 4.69) is 63.6 Å². The number of ether oxygens (including phenoxy) is 1. The lowest BCUT2D eigenvalue weighted by molar-refractivity contribution is -0.0240. The molecule has 0 bridgehead atoms. The molecule has 0 aliphatic carbocycles. The van der Waals surface area contributed by atoms with Crippen LogP contribution in [0.2, 0.25) is 0 Å². The van der Waals surface area contributed by atoms with Gasteiger partial charge in [0.2, 0.25) is 5.89 Å². The van der Waals surface area contributed by atoms with E-state index in [9.17, 15) is 0 Å². The largest absolute Gasteiger partial charge is 0.378 e. The Labute approximate surface area is 147 Å². The van der Waals surface area contributed by atoms with Crippen LogP contribution in [0.1, 0.15) is 23.3 Å². The van der Waals surface area contributed by atoms with Gasteiger partial charge in [0, 0.05) is 13.1 Å². The van der Waals surface area contributed by atoms with Crippen LogP contribution < -0.4 is 0 Å². The zero-order valence-corrected chi connectivity index (χ0v) is 14.3. The minimum Gasteiger partial charge on any atom is -0.378 e. The first-order valence-corrected chi connectivity index (χ1v) is 8.56. The van der Waals surface area contributed by atoms with Gasteiger partial charge in [0.1, 0.15) is 6.04 Å². The van der Waals surface area contributed by atoms with E-state index in [1.165, 1.54) is 16.7 Å². The number of hydrogen-bond donors (Lipinski definition) is 0. The number of nitrogens with zero attached hydrogens (tertiary/aromatic N) is 3. The first-order chi connectivity index (χ1) is 12.3. The van der Waals surface area contributed by atoms with Gasteiger partial charge in [0.25, 0.3) is 0 Å². The molecule has 2 heterocycles. The molecule has 4 rings (SSSR count). The fraction of sp³-hybridized carbons (Fsp3) is 0.300. The predicted octanol–water partition coefficient (Wildman–Crippen LogP) is 3.62. The number of aromatic nitrogens is 2. The topological polar surface area (TPSA) is 51.4 Å². The average Bonchev–Trinajstić information content (AvgIpc) is 3.09. The average molecular weight is 335 g/mol. The van der Waals surface area contributed by atoms with Gasteiger partial charge < -0.3 is 9.26 Å². The molecule has 0 saturated carbocycles. The van der Waals surface area contributed by atoms with Crippen LogP contribution in [0.3, 0.4) is 0 Å². The summed E-state index contributed by atoms with van der Waals surface area (Å²) in [6, 6.07) is 19.1. The first kappa shape index (κ1) is 16.0. The van der Waals surface area contributed by atoms with Crippen molar-refractivity contribution in [2.75, 3.05) is 19.8 Å². The molecule has 1 saturated heterocycles. The van der Waals surface area contributed by atoms with Crippen LogP contribution in [0.4, 0.5) is 0 Å². The summed E-state index contributed by atoms with van der Waals surface area (Å²) in [5.41, 5.74) is 3.73. The SMILES string of the molecule is Cc1noc(C2COCCN2Cc2cccc(-c3ccccc3)c2)n1. The van der Waals surface area contributed by atoms with Crippen molar-refractivity contribution >= 4 is 0 Å². The van der Waals surface area contributed by atoms with Gasteiger partial charge in [-0.25, -0.2) is 0 Å². The lowest BCUT2D eigenvalue weighted by Gasteiger charge is -2.33. The van der Waals surface area contributed by atoms with Gasteiger partial charge in [0.05, 0.1) is 13.2 Å². The predicted molar refractivity (Wildman–Crippen MR) is 94.9 cm³/mol. The van der Waals surface area contributed by atoms with Gasteiger partial charge in [-0.05, 0) is 29.7 Å². The molecule has 1 unspecified atom stereocenters. The smallest absolute Gasteiger partial charge is 0.246 e. The molecular formula is C20H21N3O2. The van der Waals surface area contributed by atoms with Gasteiger partial charge in [0.15, 0.2) is 5.82 Å². The van der Waals surface area contributed by atoms with Crippen LogP contribution in [0.15, 0.2) is 59.1 Å². The molecule has 0 N–H and O–H groups in total. The van der Waals surface area contributed by atoms with E-state index in [1.807, 2.05) is 13.0 Å². The molecule has 1 atom stereocenters. The maximum Gasteiger partial charge on any atom is 0.246 e. The van der Waals surface area contributed by atoms with Crippen molar-refractivity contribution in [3.63, 3.8) is 0 Å². The number of morpholine rings is 1. The maximum absolute atomic E-state index is 5.64. The molecular weight excluding hydrogens is 314 g/mol. The van der Waals surface area contributed by atoms with E-state index in [4.69, 9.17) is 9.26 Å². The minimum atomic E-state index is 0.00957.